The maximum atomic E-state index is 4.52. The molecular formula is C11H10N4. The number of hydrogen-bond acceptors (Lipinski definition) is 4. The van der Waals surface area contributed by atoms with Gasteiger partial charge in [-0.3, -0.25) is 9.98 Å². The van der Waals surface area contributed by atoms with Gasteiger partial charge in [0.2, 0.25) is 0 Å². The highest BCUT2D eigenvalue weighted by Gasteiger charge is 2.18. The summed E-state index contributed by atoms with van der Waals surface area (Å²) >= 11 is 0. The monoisotopic (exact) mass is 198 g/mol. The molecule has 15 heavy (non-hydrogen) atoms. The normalized spacial score (nSPS) is 18.5. The Balaban J connectivity index is 1.97. The molecule has 4 nitrogen and oxygen atoms in total. The molecule has 3 heterocycles. The van der Waals surface area contributed by atoms with Crippen molar-refractivity contribution >= 4 is 11.5 Å². The lowest BCUT2D eigenvalue weighted by molar-refractivity contribution is 0.490. The summed E-state index contributed by atoms with van der Waals surface area (Å²) in [5.41, 5.74) is 2.06. The van der Waals surface area contributed by atoms with Crippen LogP contribution in [0.5, 0.6) is 0 Å². The zero-order chi connectivity index (χ0) is 10.1. The van der Waals surface area contributed by atoms with Crippen LogP contribution in [0.25, 0.3) is 0 Å². The Labute approximate surface area is 87.7 Å². The van der Waals surface area contributed by atoms with Crippen LogP contribution in [0, 0.1) is 0 Å². The van der Waals surface area contributed by atoms with Crippen LogP contribution in [-0.4, -0.2) is 34.6 Å². The Kier molecular flexibility index (Phi) is 1.84. The molecule has 3 rings (SSSR count). The lowest BCUT2D eigenvalue weighted by Crippen LogP contribution is -2.25. The molecule has 0 bridgehead atoms. The standard InChI is InChI=1S/C11H10N4/c1-2-11-13-7-8-15(11)14-10(1)9-3-5-12-6-4-9/h1-6H,7-8H2. The van der Waals surface area contributed by atoms with Crippen molar-refractivity contribution in [2.75, 3.05) is 13.1 Å². The summed E-state index contributed by atoms with van der Waals surface area (Å²) in [5.74, 6) is 0.966. The van der Waals surface area contributed by atoms with Gasteiger partial charge in [0.25, 0.3) is 0 Å². The van der Waals surface area contributed by atoms with Gasteiger partial charge in [0.05, 0.1) is 18.8 Å². The number of hydrazone groups is 1. The molecule has 1 aromatic rings. The first kappa shape index (κ1) is 8.35. The van der Waals surface area contributed by atoms with Gasteiger partial charge in [-0.2, -0.15) is 5.10 Å². The largest absolute Gasteiger partial charge is 0.265 e. The molecule has 0 unspecified atom stereocenters. The molecule has 0 atom stereocenters. The number of aromatic nitrogens is 1. The Bertz CT molecular complexity index is 459. The molecule has 0 N–H and O–H groups in total. The third-order valence-corrected chi connectivity index (χ3v) is 2.44. The Morgan fingerprint density at radius 2 is 2.00 bits per heavy atom. The van der Waals surface area contributed by atoms with E-state index in [9.17, 15) is 0 Å². The van der Waals surface area contributed by atoms with Crippen LogP contribution in [0.3, 0.4) is 0 Å². The Hall–Kier alpha value is -1.97. The Morgan fingerprint density at radius 1 is 1.13 bits per heavy atom. The first-order valence-electron chi connectivity index (χ1n) is 4.92. The average molecular weight is 198 g/mol. The van der Waals surface area contributed by atoms with Crippen molar-refractivity contribution in [2.45, 2.75) is 0 Å². The van der Waals surface area contributed by atoms with Gasteiger partial charge in [0.1, 0.15) is 5.84 Å². The van der Waals surface area contributed by atoms with Gasteiger partial charge >= 0.3 is 0 Å². The summed E-state index contributed by atoms with van der Waals surface area (Å²) in [6.45, 7) is 1.72. The minimum absolute atomic E-state index is 0.840. The average Bonchev–Trinajstić information content (AvgIpc) is 2.77. The molecule has 0 spiro atoms. The summed E-state index contributed by atoms with van der Waals surface area (Å²) < 4.78 is 0. The number of fused-ring (bicyclic) bond motifs is 1. The lowest BCUT2D eigenvalue weighted by atomic mass is 10.1. The maximum absolute atomic E-state index is 4.52. The van der Waals surface area contributed by atoms with Gasteiger partial charge < -0.3 is 0 Å². The molecule has 74 valence electrons. The van der Waals surface area contributed by atoms with E-state index in [0.29, 0.717) is 0 Å². The number of allylic oxidation sites excluding steroid dienone is 1. The summed E-state index contributed by atoms with van der Waals surface area (Å²) in [6.07, 6.45) is 7.56. The highest BCUT2D eigenvalue weighted by atomic mass is 15.5. The quantitative estimate of drug-likeness (QED) is 0.677. The molecule has 0 aliphatic carbocycles. The molecule has 0 saturated carbocycles. The number of pyridine rings is 1. The van der Waals surface area contributed by atoms with E-state index in [2.05, 4.69) is 15.1 Å². The zero-order valence-electron chi connectivity index (χ0n) is 8.17. The van der Waals surface area contributed by atoms with Gasteiger partial charge in [0, 0.05) is 18.0 Å². The van der Waals surface area contributed by atoms with Crippen LogP contribution < -0.4 is 0 Å². The predicted octanol–water partition coefficient (Wildman–Crippen LogP) is 1.07. The molecule has 0 saturated heterocycles. The number of amidine groups is 1. The zero-order valence-corrected chi connectivity index (χ0v) is 8.17. The van der Waals surface area contributed by atoms with Crippen LogP contribution in [0.1, 0.15) is 5.56 Å². The van der Waals surface area contributed by atoms with Crippen molar-refractivity contribution in [1.29, 1.82) is 0 Å². The lowest BCUT2D eigenvalue weighted by Gasteiger charge is -2.17. The highest BCUT2D eigenvalue weighted by Crippen LogP contribution is 2.12. The van der Waals surface area contributed by atoms with E-state index in [-0.39, 0.29) is 0 Å². The minimum Gasteiger partial charge on any atom is -0.265 e. The first-order valence-corrected chi connectivity index (χ1v) is 4.92. The summed E-state index contributed by atoms with van der Waals surface area (Å²) in [5, 5.41) is 6.46. The molecule has 0 amide bonds. The molecule has 0 aromatic carbocycles. The van der Waals surface area contributed by atoms with Crippen molar-refractivity contribution in [3.05, 3.63) is 42.2 Å². The molecular weight excluding hydrogens is 188 g/mol. The number of nitrogens with zero attached hydrogens (tertiary/aromatic N) is 4. The van der Waals surface area contributed by atoms with E-state index in [4.69, 9.17) is 0 Å². The van der Waals surface area contributed by atoms with Gasteiger partial charge in [-0.15, -0.1) is 0 Å². The van der Waals surface area contributed by atoms with E-state index in [1.165, 1.54) is 0 Å². The molecule has 2 aliphatic rings. The fourth-order valence-corrected chi connectivity index (χ4v) is 1.69. The van der Waals surface area contributed by atoms with Crippen LogP contribution in [-0.2, 0) is 0 Å². The molecule has 4 heteroatoms. The van der Waals surface area contributed by atoms with E-state index in [1.54, 1.807) is 12.4 Å². The van der Waals surface area contributed by atoms with Gasteiger partial charge in [-0.1, -0.05) is 0 Å². The second kappa shape index (κ2) is 3.31. The Morgan fingerprint density at radius 3 is 2.87 bits per heavy atom. The third-order valence-electron chi connectivity index (χ3n) is 2.44. The number of rotatable bonds is 1. The van der Waals surface area contributed by atoms with Crippen molar-refractivity contribution in [2.24, 2.45) is 10.1 Å². The highest BCUT2D eigenvalue weighted by molar-refractivity contribution is 6.14. The van der Waals surface area contributed by atoms with Crippen molar-refractivity contribution in [3.8, 4) is 0 Å². The van der Waals surface area contributed by atoms with Crippen LogP contribution in [0.15, 0.2) is 46.8 Å². The second-order valence-electron chi connectivity index (χ2n) is 3.42. The van der Waals surface area contributed by atoms with E-state index < -0.39 is 0 Å². The fourth-order valence-electron chi connectivity index (χ4n) is 1.69. The topological polar surface area (TPSA) is 40.9 Å². The second-order valence-corrected chi connectivity index (χ2v) is 3.42. The van der Waals surface area contributed by atoms with E-state index in [0.717, 1.165) is 30.2 Å². The maximum Gasteiger partial charge on any atom is 0.144 e. The van der Waals surface area contributed by atoms with Gasteiger partial charge in [-0.05, 0) is 24.3 Å². The smallest absolute Gasteiger partial charge is 0.144 e. The fraction of sp³-hybridized carbons (Fsp3) is 0.182. The molecule has 0 radical (unpaired) electrons. The number of hydrogen-bond donors (Lipinski definition) is 0. The number of aliphatic imine (C=N–C) groups is 1. The SMILES string of the molecule is C1=CC2=NCCN2N=C1c1ccncc1. The van der Waals surface area contributed by atoms with Crippen LogP contribution in [0.2, 0.25) is 0 Å². The molecule has 2 aliphatic heterocycles. The third kappa shape index (κ3) is 1.44. The van der Waals surface area contributed by atoms with Crippen LogP contribution >= 0.6 is 0 Å². The van der Waals surface area contributed by atoms with Crippen molar-refractivity contribution in [3.63, 3.8) is 0 Å². The molecule has 0 fully saturated rings. The summed E-state index contributed by atoms with van der Waals surface area (Å²) in [7, 11) is 0. The van der Waals surface area contributed by atoms with Gasteiger partial charge in [0.15, 0.2) is 0 Å². The summed E-state index contributed by atoms with van der Waals surface area (Å²) in [6, 6.07) is 3.92. The van der Waals surface area contributed by atoms with E-state index >= 15 is 0 Å². The van der Waals surface area contributed by atoms with Crippen molar-refractivity contribution < 1.29 is 0 Å². The first-order chi connectivity index (χ1) is 7.43. The summed E-state index contributed by atoms with van der Waals surface area (Å²) in [4.78, 5) is 8.31. The van der Waals surface area contributed by atoms with Crippen LogP contribution in [0.4, 0.5) is 0 Å². The minimum atomic E-state index is 0.840. The van der Waals surface area contributed by atoms with Gasteiger partial charge in [-0.25, -0.2) is 5.01 Å². The molecule has 1 aromatic heterocycles. The predicted molar refractivity (Wildman–Crippen MR) is 58.9 cm³/mol. The van der Waals surface area contributed by atoms with E-state index in [1.807, 2.05) is 29.3 Å². The van der Waals surface area contributed by atoms with Crippen molar-refractivity contribution in [1.82, 2.24) is 9.99 Å².